The van der Waals surface area contributed by atoms with Crippen LogP contribution in [0.3, 0.4) is 0 Å². The van der Waals surface area contributed by atoms with E-state index in [0.29, 0.717) is 5.56 Å². The molecule has 1 aliphatic rings. The fourth-order valence-corrected chi connectivity index (χ4v) is 4.10. The summed E-state index contributed by atoms with van der Waals surface area (Å²) in [5.41, 5.74) is 17.5. The van der Waals surface area contributed by atoms with E-state index in [1.54, 1.807) is 12.3 Å². The summed E-state index contributed by atoms with van der Waals surface area (Å²) in [6, 6.07) is 15.9. The van der Waals surface area contributed by atoms with Gasteiger partial charge in [0.05, 0.1) is 5.69 Å². The number of carbonyl (C=O) groups excluding carboxylic acids is 1. The minimum atomic E-state index is -0.418. The summed E-state index contributed by atoms with van der Waals surface area (Å²) < 4.78 is 0. The van der Waals surface area contributed by atoms with Crippen LogP contribution in [0, 0.1) is 6.92 Å². The Morgan fingerprint density at radius 3 is 2.79 bits per heavy atom. The number of anilines is 1. The molecule has 0 aliphatic carbocycles. The van der Waals surface area contributed by atoms with Crippen molar-refractivity contribution in [2.45, 2.75) is 25.3 Å². The molecule has 3 aromatic rings. The molecule has 6 heteroatoms. The molecule has 2 aromatic carbocycles. The largest absolute Gasteiger partial charge is 0.368 e. The molecule has 0 saturated carbocycles. The van der Waals surface area contributed by atoms with Crippen LogP contribution in [0.1, 0.15) is 50.1 Å². The van der Waals surface area contributed by atoms with Gasteiger partial charge in [-0.3, -0.25) is 4.79 Å². The van der Waals surface area contributed by atoms with Gasteiger partial charge in [-0.1, -0.05) is 30.3 Å². The molecule has 1 aromatic heterocycles. The summed E-state index contributed by atoms with van der Waals surface area (Å²) in [6.07, 6.45) is 1.69. The molecule has 0 fully saturated rings. The Labute approximate surface area is 164 Å². The summed E-state index contributed by atoms with van der Waals surface area (Å²) in [5.74, 6) is -0.107. The number of hydrogen-bond acceptors (Lipinski definition) is 5. The van der Waals surface area contributed by atoms with Crippen LogP contribution >= 0.6 is 0 Å². The summed E-state index contributed by atoms with van der Waals surface area (Å²) in [5, 5.41) is 3.50. The molecule has 0 spiro atoms. The van der Waals surface area contributed by atoms with Crippen LogP contribution in [0.4, 0.5) is 5.95 Å². The lowest BCUT2D eigenvalue weighted by Crippen LogP contribution is -2.33. The van der Waals surface area contributed by atoms with Crippen LogP contribution in [0.5, 0.6) is 0 Å². The van der Waals surface area contributed by atoms with E-state index in [1.165, 1.54) is 16.7 Å². The number of aryl methyl sites for hydroxylation is 1. The standard InChI is InChI=1S/C22H23N5O/c1-13-4-2-3-5-16(13)20(19-8-9-26-22(24)27-19)18-12-25-11-15-7-6-14(21(23)28)10-17(15)18/h2-10,18,20,25H,11-12H2,1H3,(H2,23,28)(H2,24,26,27). The van der Waals surface area contributed by atoms with Crippen LogP contribution in [0.2, 0.25) is 0 Å². The van der Waals surface area contributed by atoms with E-state index in [-0.39, 0.29) is 17.8 Å². The fourth-order valence-electron chi connectivity index (χ4n) is 4.10. The molecule has 1 aliphatic heterocycles. The number of primary amides is 1. The number of carbonyl (C=O) groups is 1. The number of nitrogens with one attached hydrogen (secondary N) is 1. The second kappa shape index (κ2) is 7.40. The summed E-state index contributed by atoms with van der Waals surface area (Å²) in [6.45, 7) is 3.62. The minimum Gasteiger partial charge on any atom is -0.368 e. The molecule has 6 nitrogen and oxygen atoms in total. The van der Waals surface area contributed by atoms with Gasteiger partial charge < -0.3 is 16.8 Å². The molecule has 2 unspecified atom stereocenters. The maximum Gasteiger partial charge on any atom is 0.248 e. The molecule has 2 heterocycles. The maximum atomic E-state index is 11.8. The van der Waals surface area contributed by atoms with Crippen molar-refractivity contribution >= 4 is 11.9 Å². The summed E-state index contributed by atoms with van der Waals surface area (Å²) >= 11 is 0. The molecule has 28 heavy (non-hydrogen) atoms. The summed E-state index contributed by atoms with van der Waals surface area (Å²) in [4.78, 5) is 20.4. The van der Waals surface area contributed by atoms with Gasteiger partial charge in [-0.25, -0.2) is 9.97 Å². The highest BCUT2D eigenvalue weighted by Crippen LogP contribution is 2.41. The predicted octanol–water partition coefficient (Wildman–Crippen LogP) is 2.49. The van der Waals surface area contributed by atoms with Gasteiger partial charge in [0, 0.05) is 36.7 Å². The van der Waals surface area contributed by atoms with E-state index in [2.05, 4.69) is 34.3 Å². The molecular weight excluding hydrogens is 350 g/mol. The number of nitrogens with zero attached hydrogens (tertiary/aromatic N) is 2. The van der Waals surface area contributed by atoms with Gasteiger partial charge in [-0.15, -0.1) is 0 Å². The SMILES string of the molecule is Cc1ccccc1C(c1ccnc(N)n1)C1CNCc2ccc(C(N)=O)cc21. The number of nitrogens with two attached hydrogens (primary N) is 2. The van der Waals surface area contributed by atoms with Gasteiger partial charge in [0.15, 0.2) is 0 Å². The van der Waals surface area contributed by atoms with E-state index < -0.39 is 5.91 Å². The van der Waals surface area contributed by atoms with Gasteiger partial charge in [0.2, 0.25) is 11.9 Å². The van der Waals surface area contributed by atoms with E-state index in [0.717, 1.165) is 24.3 Å². The van der Waals surface area contributed by atoms with Gasteiger partial charge in [0.25, 0.3) is 0 Å². The third kappa shape index (κ3) is 3.34. The van der Waals surface area contributed by atoms with Crippen molar-refractivity contribution in [2.24, 2.45) is 5.73 Å². The normalized spacial score (nSPS) is 17.0. The Kier molecular flexibility index (Phi) is 4.79. The number of fused-ring (bicyclic) bond motifs is 1. The average molecular weight is 373 g/mol. The monoisotopic (exact) mass is 373 g/mol. The first-order chi connectivity index (χ1) is 13.5. The van der Waals surface area contributed by atoms with E-state index in [4.69, 9.17) is 11.5 Å². The quantitative estimate of drug-likeness (QED) is 0.651. The van der Waals surface area contributed by atoms with Crippen molar-refractivity contribution < 1.29 is 4.79 Å². The molecule has 5 N–H and O–H groups in total. The Hall–Kier alpha value is -3.25. The number of aromatic nitrogens is 2. The smallest absolute Gasteiger partial charge is 0.248 e. The molecule has 4 rings (SSSR count). The Morgan fingerprint density at radius 1 is 1.21 bits per heavy atom. The lowest BCUT2D eigenvalue weighted by atomic mass is 9.75. The Bertz CT molecular complexity index is 1030. The van der Waals surface area contributed by atoms with E-state index in [1.807, 2.05) is 30.3 Å². The number of nitrogen functional groups attached to an aromatic ring is 1. The highest BCUT2D eigenvalue weighted by atomic mass is 16.1. The van der Waals surface area contributed by atoms with E-state index >= 15 is 0 Å². The highest BCUT2D eigenvalue weighted by molar-refractivity contribution is 5.93. The van der Waals surface area contributed by atoms with Gasteiger partial charge in [-0.2, -0.15) is 0 Å². The molecule has 2 atom stereocenters. The van der Waals surface area contributed by atoms with E-state index in [9.17, 15) is 4.79 Å². The van der Waals surface area contributed by atoms with Gasteiger partial charge >= 0.3 is 0 Å². The zero-order valence-electron chi connectivity index (χ0n) is 15.7. The number of benzene rings is 2. The fraction of sp³-hybridized carbons (Fsp3) is 0.227. The van der Waals surface area contributed by atoms with Crippen LogP contribution in [-0.4, -0.2) is 22.4 Å². The second-order valence-electron chi connectivity index (χ2n) is 7.19. The lowest BCUT2D eigenvalue weighted by Gasteiger charge is -2.34. The average Bonchev–Trinajstić information content (AvgIpc) is 2.69. The van der Waals surface area contributed by atoms with Crippen LogP contribution in [-0.2, 0) is 6.54 Å². The number of hydrogen-bond donors (Lipinski definition) is 3. The van der Waals surface area contributed by atoms with Crippen molar-refractivity contribution in [2.75, 3.05) is 12.3 Å². The van der Waals surface area contributed by atoms with Crippen LogP contribution in [0.15, 0.2) is 54.7 Å². The van der Waals surface area contributed by atoms with Crippen molar-refractivity contribution in [3.63, 3.8) is 0 Å². The zero-order chi connectivity index (χ0) is 19.7. The van der Waals surface area contributed by atoms with Crippen molar-refractivity contribution in [1.82, 2.24) is 15.3 Å². The number of amides is 1. The Balaban J connectivity index is 1.90. The third-order valence-corrected chi connectivity index (χ3v) is 5.45. The molecular formula is C22H23N5O. The topological polar surface area (TPSA) is 107 Å². The second-order valence-corrected chi connectivity index (χ2v) is 7.19. The molecule has 142 valence electrons. The molecule has 0 bridgehead atoms. The minimum absolute atomic E-state index is 0.0267. The highest BCUT2D eigenvalue weighted by Gasteiger charge is 2.32. The van der Waals surface area contributed by atoms with Crippen LogP contribution < -0.4 is 16.8 Å². The maximum absolute atomic E-state index is 11.8. The molecule has 0 saturated heterocycles. The first kappa shape index (κ1) is 18.1. The third-order valence-electron chi connectivity index (χ3n) is 5.45. The number of rotatable bonds is 4. The van der Waals surface area contributed by atoms with Crippen molar-refractivity contribution in [1.29, 1.82) is 0 Å². The predicted molar refractivity (Wildman–Crippen MR) is 109 cm³/mol. The van der Waals surface area contributed by atoms with Crippen LogP contribution in [0.25, 0.3) is 0 Å². The summed E-state index contributed by atoms with van der Waals surface area (Å²) in [7, 11) is 0. The Morgan fingerprint density at radius 2 is 2.04 bits per heavy atom. The van der Waals surface area contributed by atoms with Gasteiger partial charge in [-0.05, 0) is 47.4 Å². The molecule has 1 amide bonds. The zero-order valence-corrected chi connectivity index (χ0v) is 15.7. The van der Waals surface area contributed by atoms with Gasteiger partial charge in [0.1, 0.15) is 0 Å². The molecule has 0 radical (unpaired) electrons. The first-order valence-corrected chi connectivity index (χ1v) is 9.32. The lowest BCUT2D eigenvalue weighted by molar-refractivity contribution is 0.1000. The van der Waals surface area contributed by atoms with Crippen molar-refractivity contribution in [3.05, 3.63) is 88.2 Å². The first-order valence-electron chi connectivity index (χ1n) is 9.32. The van der Waals surface area contributed by atoms with Crippen molar-refractivity contribution in [3.8, 4) is 0 Å².